The lowest BCUT2D eigenvalue weighted by Crippen LogP contribution is -2.10. The van der Waals surface area contributed by atoms with E-state index >= 15 is 0 Å². The number of benzene rings is 2. The zero-order valence-electron chi connectivity index (χ0n) is 9.44. The number of anilines is 2. The molecule has 0 aliphatic heterocycles. The van der Waals surface area contributed by atoms with Crippen LogP contribution in [0.25, 0.3) is 0 Å². The molecule has 0 atom stereocenters. The number of hydrogen-bond acceptors (Lipinski definition) is 2. The van der Waals surface area contributed by atoms with Gasteiger partial charge in [-0.2, -0.15) is 0 Å². The van der Waals surface area contributed by atoms with Gasteiger partial charge < -0.3 is 5.32 Å². The molecule has 4 heteroatoms. The molecule has 0 amide bonds. The van der Waals surface area contributed by atoms with Gasteiger partial charge in [0.15, 0.2) is 10.6 Å². The number of ketones is 1. The summed E-state index contributed by atoms with van der Waals surface area (Å²) in [6.07, 6.45) is 0. The maximum Gasteiger partial charge on any atom is 0.197 e. The second-order valence-electron chi connectivity index (χ2n) is 3.70. The maximum absolute atomic E-state index is 11.9. The maximum atomic E-state index is 11.9. The molecule has 0 bridgehead atoms. The molecule has 0 aliphatic rings. The average Bonchev–Trinajstić information content (AvgIpc) is 2.39. The summed E-state index contributed by atoms with van der Waals surface area (Å²) in [6, 6.07) is 16.7. The van der Waals surface area contributed by atoms with Crippen LogP contribution in [0, 0.1) is 0 Å². The highest BCUT2D eigenvalue weighted by atomic mass is 35.5. The highest BCUT2D eigenvalue weighted by molar-refractivity contribution is 6.55. The van der Waals surface area contributed by atoms with E-state index < -0.39 is 4.84 Å². The van der Waals surface area contributed by atoms with Crippen LogP contribution in [0.4, 0.5) is 11.4 Å². The van der Waals surface area contributed by atoms with Gasteiger partial charge in [0.25, 0.3) is 0 Å². The quantitative estimate of drug-likeness (QED) is 0.663. The highest BCUT2D eigenvalue weighted by Crippen LogP contribution is 2.23. The highest BCUT2D eigenvalue weighted by Gasteiger charge is 2.17. The minimum atomic E-state index is -1.05. The van der Waals surface area contributed by atoms with Crippen LogP contribution in [-0.2, 0) is 0 Å². The first-order valence-electron chi connectivity index (χ1n) is 5.42. The summed E-state index contributed by atoms with van der Waals surface area (Å²) >= 11 is 11.3. The Labute approximate surface area is 116 Å². The lowest BCUT2D eigenvalue weighted by atomic mass is 10.1. The summed E-state index contributed by atoms with van der Waals surface area (Å²) in [6.45, 7) is 0. The molecule has 18 heavy (non-hydrogen) atoms. The van der Waals surface area contributed by atoms with Crippen molar-refractivity contribution in [1.29, 1.82) is 0 Å². The van der Waals surface area contributed by atoms with E-state index in [0.29, 0.717) is 11.3 Å². The van der Waals surface area contributed by atoms with E-state index in [0.717, 1.165) is 5.69 Å². The van der Waals surface area contributed by atoms with Crippen LogP contribution in [0.15, 0.2) is 54.6 Å². The summed E-state index contributed by atoms with van der Waals surface area (Å²) in [4.78, 5) is 10.8. The van der Waals surface area contributed by atoms with E-state index in [-0.39, 0.29) is 5.78 Å². The van der Waals surface area contributed by atoms with Gasteiger partial charge in [-0.1, -0.05) is 53.5 Å². The lowest BCUT2D eigenvalue weighted by molar-refractivity contribution is 0.101. The molecule has 0 heterocycles. The first-order chi connectivity index (χ1) is 8.68. The fourth-order valence-corrected chi connectivity index (χ4v) is 1.84. The van der Waals surface area contributed by atoms with Crippen molar-refractivity contribution < 1.29 is 4.79 Å². The third kappa shape index (κ3) is 3.03. The molecule has 2 aromatic carbocycles. The monoisotopic (exact) mass is 279 g/mol. The van der Waals surface area contributed by atoms with Crippen molar-refractivity contribution in [3.63, 3.8) is 0 Å². The van der Waals surface area contributed by atoms with Gasteiger partial charge in [0.1, 0.15) is 0 Å². The van der Waals surface area contributed by atoms with Crippen molar-refractivity contribution in [1.82, 2.24) is 0 Å². The van der Waals surface area contributed by atoms with Crippen molar-refractivity contribution in [2.45, 2.75) is 4.84 Å². The van der Waals surface area contributed by atoms with Gasteiger partial charge in [-0.25, -0.2) is 0 Å². The number of carbonyl (C=O) groups is 1. The minimum Gasteiger partial charge on any atom is -0.355 e. The summed E-state index contributed by atoms with van der Waals surface area (Å²) in [5, 5.41) is 3.17. The molecule has 0 saturated carbocycles. The molecule has 0 fully saturated rings. The van der Waals surface area contributed by atoms with E-state index in [1.54, 1.807) is 12.1 Å². The van der Waals surface area contributed by atoms with Crippen LogP contribution < -0.4 is 5.32 Å². The third-order valence-electron chi connectivity index (χ3n) is 2.44. The van der Waals surface area contributed by atoms with Gasteiger partial charge in [0, 0.05) is 16.9 Å². The van der Waals surface area contributed by atoms with Crippen molar-refractivity contribution in [2.24, 2.45) is 0 Å². The average molecular weight is 280 g/mol. The molecule has 2 rings (SSSR count). The lowest BCUT2D eigenvalue weighted by Gasteiger charge is -2.11. The molecule has 2 aromatic rings. The molecule has 0 spiro atoms. The molecule has 0 aromatic heterocycles. The smallest absolute Gasteiger partial charge is 0.197 e. The fraction of sp³-hybridized carbons (Fsp3) is 0.0714. The van der Waals surface area contributed by atoms with Crippen LogP contribution in [0.1, 0.15) is 10.4 Å². The molecule has 2 nitrogen and oxygen atoms in total. The number of para-hydroxylation sites is 2. The predicted molar refractivity (Wildman–Crippen MR) is 76.0 cm³/mol. The van der Waals surface area contributed by atoms with Gasteiger partial charge in [-0.05, 0) is 24.3 Å². The molecule has 0 saturated heterocycles. The molecule has 1 N–H and O–H groups in total. The molecular weight excluding hydrogens is 269 g/mol. The Bertz CT molecular complexity index is 541. The SMILES string of the molecule is O=C(c1ccccc1Nc1ccccc1)C(Cl)Cl. The number of Topliss-reactive ketones (excluding diaryl/α,β-unsaturated/α-hetero) is 1. The van der Waals surface area contributed by atoms with E-state index in [1.165, 1.54) is 0 Å². The number of hydrogen-bond donors (Lipinski definition) is 1. The van der Waals surface area contributed by atoms with Crippen LogP contribution in [0.3, 0.4) is 0 Å². The van der Waals surface area contributed by atoms with Crippen molar-refractivity contribution in [3.8, 4) is 0 Å². The zero-order chi connectivity index (χ0) is 13.0. The Morgan fingerprint density at radius 2 is 1.56 bits per heavy atom. The molecule has 0 unspecified atom stereocenters. The number of nitrogens with one attached hydrogen (secondary N) is 1. The van der Waals surface area contributed by atoms with Crippen molar-refractivity contribution in [3.05, 3.63) is 60.2 Å². The Kier molecular flexibility index (Phi) is 4.24. The van der Waals surface area contributed by atoms with Crippen LogP contribution in [-0.4, -0.2) is 10.6 Å². The van der Waals surface area contributed by atoms with Crippen LogP contribution >= 0.6 is 23.2 Å². The third-order valence-corrected chi connectivity index (χ3v) is 2.84. The van der Waals surface area contributed by atoms with Crippen LogP contribution in [0.2, 0.25) is 0 Å². The van der Waals surface area contributed by atoms with E-state index in [1.807, 2.05) is 42.5 Å². The Hall–Kier alpha value is -1.51. The van der Waals surface area contributed by atoms with Gasteiger partial charge in [-0.3, -0.25) is 4.79 Å². The zero-order valence-corrected chi connectivity index (χ0v) is 10.9. The summed E-state index contributed by atoms with van der Waals surface area (Å²) in [5.74, 6) is -0.308. The van der Waals surface area contributed by atoms with E-state index in [2.05, 4.69) is 5.32 Å². The minimum absolute atomic E-state index is 0.308. The van der Waals surface area contributed by atoms with Crippen molar-refractivity contribution in [2.75, 3.05) is 5.32 Å². The van der Waals surface area contributed by atoms with Gasteiger partial charge in [-0.15, -0.1) is 0 Å². The summed E-state index contributed by atoms with van der Waals surface area (Å²) in [5.41, 5.74) is 2.08. The van der Waals surface area contributed by atoms with Gasteiger partial charge in [0.2, 0.25) is 0 Å². The molecule has 0 radical (unpaired) electrons. The first-order valence-corrected chi connectivity index (χ1v) is 6.29. The molecule has 0 aliphatic carbocycles. The van der Waals surface area contributed by atoms with Gasteiger partial charge >= 0.3 is 0 Å². The van der Waals surface area contributed by atoms with Crippen LogP contribution in [0.5, 0.6) is 0 Å². The van der Waals surface area contributed by atoms with E-state index in [9.17, 15) is 4.79 Å². The topological polar surface area (TPSA) is 29.1 Å². The number of halogens is 2. The summed E-state index contributed by atoms with van der Waals surface area (Å²) < 4.78 is 0. The van der Waals surface area contributed by atoms with Gasteiger partial charge in [0.05, 0.1) is 0 Å². The Morgan fingerprint density at radius 1 is 0.944 bits per heavy atom. The van der Waals surface area contributed by atoms with Crippen molar-refractivity contribution >= 4 is 40.4 Å². The standard InChI is InChI=1S/C14H11Cl2NO/c15-14(16)13(18)11-8-4-5-9-12(11)17-10-6-2-1-3-7-10/h1-9,14,17H. The number of alkyl halides is 2. The molecule has 92 valence electrons. The van der Waals surface area contributed by atoms with E-state index in [4.69, 9.17) is 23.2 Å². The normalized spacial score (nSPS) is 10.4. The second kappa shape index (κ2) is 5.89. The largest absolute Gasteiger partial charge is 0.355 e. The first kappa shape index (κ1) is 12.9. The summed E-state index contributed by atoms with van der Waals surface area (Å²) in [7, 11) is 0. The second-order valence-corrected chi connectivity index (χ2v) is 4.80. The number of carbonyl (C=O) groups excluding carboxylic acids is 1. The Balaban J connectivity index is 2.31. The Morgan fingerprint density at radius 3 is 2.22 bits per heavy atom. The predicted octanol–water partition coefficient (Wildman–Crippen LogP) is 4.42. The number of rotatable bonds is 4. The fourth-order valence-electron chi connectivity index (χ4n) is 1.60. The molecular formula is C14H11Cl2NO.